The standard InChI is InChI=1S/C27H37N3O4/c1-33-25-10-5-20(16-26(25)34-2)17-28-23-11-14-29(15-12-23)24-8-6-22(7-9-24)27(32)30-13-3-4-21(18-30)19-31/h5-10,16,21,23,28,31H,3-4,11-15,17-19H2,1-2H3/t21-/m1/s1. The predicted octanol–water partition coefficient (Wildman–Crippen LogP) is 3.31. The molecule has 2 aliphatic rings. The topological polar surface area (TPSA) is 74.3 Å². The summed E-state index contributed by atoms with van der Waals surface area (Å²) in [6, 6.07) is 14.5. The molecule has 7 heteroatoms. The SMILES string of the molecule is COc1ccc(CNC2CCN(c3ccc(C(=O)N4CCC[C@@H](CO)C4)cc3)CC2)cc1OC. The lowest BCUT2D eigenvalue weighted by Gasteiger charge is -2.34. The Hall–Kier alpha value is -2.77. The fraction of sp³-hybridized carbons (Fsp3) is 0.519. The van der Waals surface area contributed by atoms with E-state index in [-0.39, 0.29) is 18.4 Å². The number of aliphatic hydroxyl groups is 1. The molecule has 2 N–H and O–H groups in total. The van der Waals surface area contributed by atoms with Crippen molar-refractivity contribution in [3.05, 3.63) is 53.6 Å². The number of carbonyl (C=O) groups excluding carboxylic acids is 1. The van der Waals surface area contributed by atoms with Crippen molar-refractivity contribution in [2.45, 2.75) is 38.3 Å². The maximum atomic E-state index is 12.9. The van der Waals surface area contributed by atoms with Crippen molar-refractivity contribution in [3.8, 4) is 11.5 Å². The number of ether oxygens (including phenoxy) is 2. The number of amides is 1. The second kappa shape index (κ2) is 11.6. The van der Waals surface area contributed by atoms with Crippen molar-refractivity contribution >= 4 is 11.6 Å². The summed E-state index contributed by atoms with van der Waals surface area (Å²) in [4.78, 5) is 17.1. The average Bonchev–Trinajstić information content (AvgIpc) is 2.91. The van der Waals surface area contributed by atoms with E-state index in [1.165, 1.54) is 11.3 Å². The van der Waals surface area contributed by atoms with E-state index in [2.05, 4.69) is 28.4 Å². The quantitative estimate of drug-likeness (QED) is 0.621. The Bertz CT molecular complexity index is 941. The van der Waals surface area contributed by atoms with Gasteiger partial charge in [0.05, 0.1) is 14.2 Å². The third-order valence-electron chi connectivity index (χ3n) is 7.08. The zero-order valence-electron chi connectivity index (χ0n) is 20.3. The first-order valence-electron chi connectivity index (χ1n) is 12.3. The van der Waals surface area contributed by atoms with E-state index in [4.69, 9.17) is 9.47 Å². The van der Waals surface area contributed by atoms with Crippen LogP contribution in [0.2, 0.25) is 0 Å². The molecular formula is C27H37N3O4. The van der Waals surface area contributed by atoms with Crippen molar-refractivity contribution in [1.82, 2.24) is 10.2 Å². The van der Waals surface area contributed by atoms with Gasteiger partial charge in [-0.25, -0.2) is 0 Å². The van der Waals surface area contributed by atoms with Crippen molar-refractivity contribution in [1.29, 1.82) is 0 Å². The van der Waals surface area contributed by atoms with Crippen LogP contribution in [0.1, 0.15) is 41.6 Å². The minimum atomic E-state index is 0.0720. The molecule has 2 saturated heterocycles. The zero-order chi connectivity index (χ0) is 23.9. The number of piperidine rings is 2. The summed E-state index contributed by atoms with van der Waals surface area (Å²) in [5.41, 5.74) is 3.08. The minimum Gasteiger partial charge on any atom is -0.493 e. The van der Waals surface area contributed by atoms with E-state index in [1.807, 2.05) is 29.2 Å². The normalized spacial score (nSPS) is 19.2. The maximum absolute atomic E-state index is 12.9. The molecule has 2 aromatic rings. The van der Waals surface area contributed by atoms with E-state index in [1.54, 1.807) is 14.2 Å². The molecule has 0 aliphatic carbocycles. The first kappa shape index (κ1) is 24.4. The maximum Gasteiger partial charge on any atom is 0.253 e. The van der Waals surface area contributed by atoms with Crippen molar-refractivity contribution in [2.75, 3.05) is 51.9 Å². The molecule has 0 spiro atoms. The lowest BCUT2D eigenvalue weighted by atomic mass is 9.98. The summed E-state index contributed by atoms with van der Waals surface area (Å²) in [5.74, 6) is 1.78. The van der Waals surface area contributed by atoms with E-state index in [9.17, 15) is 9.90 Å². The summed E-state index contributed by atoms with van der Waals surface area (Å²) in [5, 5.41) is 13.1. The van der Waals surface area contributed by atoms with Crippen LogP contribution in [0.3, 0.4) is 0 Å². The number of nitrogens with zero attached hydrogens (tertiary/aromatic N) is 2. The molecule has 0 unspecified atom stereocenters. The van der Waals surface area contributed by atoms with Gasteiger partial charge in [0.25, 0.3) is 5.91 Å². The Morgan fingerprint density at radius 2 is 1.74 bits per heavy atom. The Labute approximate surface area is 202 Å². The van der Waals surface area contributed by atoms with Crippen LogP contribution >= 0.6 is 0 Å². The lowest BCUT2D eigenvalue weighted by Crippen LogP contribution is -2.42. The van der Waals surface area contributed by atoms with Gasteiger partial charge in [0, 0.05) is 56.6 Å². The highest BCUT2D eigenvalue weighted by Gasteiger charge is 2.24. The van der Waals surface area contributed by atoms with Crippen LogP contribution in [0.15, 0.2) is 42.5 Å². The zero-order valence-corrected chi connectivity index (χ0v) is 20.3. The monoisotopic (exact) mass is 467 g/mol. The first-order valence-corrected chi connectivity index (χ1v) is 12.3. The fourth-order valence-corrected chi connectivity index (χ4v) is 4.99. The summed E-state index contributed by atoms with van der Waals surface area (Å²) < 4.78 is 10.7. The van der Waals surface area contributed by atoms with E-state index < -0.39 is 0 Å². The van der Waals surface area contributed by atoms with E-state index in [0.717, 1.165) is 68.9 Å². The molecule has 1 atom stereocenters. The molecule has 4 rings (SSSR count). The van der Waals surface area contributed by atoms with Gasteiger partial charge in [0.2, 0.25) is 0 Å². The molecule has 184 valence electrons. The van der Waals surface area contributed by atoms with Gasteiger partial charge in [0.15, 0.2) is 11.5 Å². The molecule has 1 amide bonds. The largest absolute Gasteiger partial charge is 0.493 e. The average molecular weight is 468 g/mol. The molecule has 0 radical (unpaired) electrons. The van der Waals surface area contributed by atoms with Crippen LogP contribution in [-0.4, -0.2) is 69.0 Å². The fourth-order valence-electron chi connectivity index (χ4n) is 4.99. The Morgan fingerprint density at radius 1 is 1.00 bits per heavy atom. The van der Waals surface area contributed by atoms with Gasteiger partial charge >= 0.3 is 0 Å². The summed E-state index contributed by atoms with van der Waals surface area (Å²) in [6.45, 7) is 4.36. The number of hydrogen-bond acceptors (Lipinski definition) is 6. The minimum absolute atomic E-state index is 0.0720. The number of rotatable bonds is 8. The molecule has 34 heavy (non-hydrogen) atoms. The molecule has 2 aliphatic heterocycles. The number of methoxy groups -OCH3 is 2. The smallest absolute Gasteiger partial charge is 0.253 e. The van der Waals surface area contributed by atoms with Gasteiger partial charge in [-0.3, -0.25) is 4.79 Å². The Kier molecular flexibility index (Phi) is 8.29. The number of likely N-dealkylation sites (tertiary alicyclic amines) is 1. The highest BCUT2D eigenvalue weighted by atomic mass is 16.5. The molecular weight excluding hydrogens is 430 g/mol. The first-order chi connectivity index (χ1) is 16.6. The van der Waals surface area contributed by atoms with Crippen molar-refractivity contribution < 1.29 is 19.4 Å². The summed E-state index contributed by atoms with van der Waals surface area (Å²) in [6.07, 6.45) is 4.11. The lowest BCUT2D eigenvalue weighted by molar-refractivity contribution is 0.0620. The van der Waals surface area contributed by atoms with Gasteiger partial charge in [-0.15, -0.1) is 0 Å². The number of anilines is 1. The number of aliphatic hydroxyl groups excluding tert-OH is 1. The Morgan fingerprint density at radius 3 is 2.41 bits per heavy atom. The summed E-state index contributed by atoms with van der Waals surface area (Å²) in [7, 11) is 3.31. The van der Waals surface area contributed by atoms with Crippen LogP contribution < -0.4 is 19.7 Å². The van der Waals surface area contributed by atoms with Crippen LogP contribution in [0.25, 0.3) is 0 Å². The number of carbonyl (C=O) groups is 1. The van der Waals surface area contributed by atoms with Gasteiger partial charge < -0.3 is 29.7 Å². The molecule has 0 aromatic heterocycles. The molecule has 2 aromatic carbocycles. The third kappa shape index (κ3) is 5.83. The van der Waals surface area contributed by atoms with Gasteiger partial charge in [-0.05, 0) is 73.6 Å². The van der Waals surface area contributed by atoms with Crippen molar-refractivity contribution in [3.63, 3.8) is 0 Å². The molecule has 2 heterocycles. The van der Waals surface area contributed by atoms with E-state index >= 15 is 0 Å². The van der Waals surface area contributed by atoms with Gasteiger partial charge in [-0.1, -0.05) is 6.07 Å². The molecule has 0 bridgehead atoms. The number of benzene rings is 2. The predicted molar refractivity (Wildman–Crippen MR) is 134 cm³/mol. The van der Waals surface area contributed by atoms with Gasteiger partial charge in [0.1, 0.15) is 0 Å². The second-order valence-electron chi connectivity index (χ2n) is 9.32. The summed E-state index contributed by atoms with van der Waals surface area (Å²) >= 11 is 0. The van der Waals surface area contributed by atoms with Gasteiger partial charge in [-0.2, -0.15) is 0 Å². The van der Waals surface area contributed by atoms with Crippen LogP contribution in [0.4, 0.5) is 5.69 Å². The van der Waals surface area contributed by atoms with Crippen LogP contribution in [0.5, 0.6) is 11.5 Å². The molecule has 0 saturated carbocycles. The number of nitrogens with one attached hydrogen (secondary N) is 1. The molecule has 7 nitrogen and oxygen atoms in total. The highest BCUT2D eigenvalue weighted by Crippen LogP contribution is 2.28. The van der Waals surface area contributed by atoms with E-state index in [0.29, 0.717) is 12.6 Å². The van der Waals surface area contributed by atoms with Crippen molar-refractivity contribution in [2.24, 2.45) is 5.92 Å². The second-order valence-corrected chi connectivity index (χ2v) is 9.32. The Balaban J connectivity index is 1.26. The van der Waals surface area contributed by atoms with Crippen LogP contribution in [0, 0.1) is 5.92 Å². The van der Waals surface area contributed by atoms with Crippen LogP contribution in [-0.2, 0) is 6.54 Å². The molecule has 2 fully saturated rings. The third-order valence-corrected chi connectivity index (χ3v) is 7.08. The highest BCUT2D eigenvalue weighted by molar-refractivity contribution is 5.94. The number of hydrogen-bond donors (Lipinski definition) is 2.